The Bertz CT molecular complexity index is 567. The molecule has 1 aromatic carbocycles. The second-order valence-electron chi connectivity index (χ2n) is 4.13. The van der Waals surface area contributed by atoms with Crippen LogP contribution in [0.25, 0.3) is 0 Å². The van der Waals surface area contributed by atoms with E-state index < -0.39 is 0 Å². The fourth-order valence-corrected chi connectivity index (χ4v) is 1.77. The summed E-state index contributed by atoms with van der Waals surface area (Å²) in [6, 6.07) is 7.08. The van der Waals surface area contributed by atoms with Gasteiger partial charge < -0.3 is 14.8 Å². The van der Waals surface area contributed by atoms with Crippen molar-refractivity contribution in [3.8, 4) is 11.5 Å². The summed E-state index contributed by atoms with van der Waals surface area (Å²) in [7, 11) is 3.13. The van der Waals surface area contributed by atoms with Crippen LogP contribution in [0.3, 0.4) is 0 Å². The number of amides is 1. The standard InChI is InChI=1S/C14H17N3O3/c1-19-11-4-5-13(20-2)12(10-11)16-14(18)6-9-17-8-3-7-15-17/h3-5,7-8,10H,6,9H2,1-2H3,(H,16,18). The zero-order valence-corrected chi connectivity index (χ0v) is 11.5. The second-order valence-corrected chi connectivity index (χ2v) is 4.13. The first-order chi connectivity index (χ1) is 9.72. The van der Waals surface area contributed by atoms with Crippen LogP contribution < -0.4 is 14.8 Å². The number of hydrogen-bond donors (Lipinski definition) is 1. The number of methoxy groups -OCH3 is 2. The molecule has 6 heteroatoms. The summed E-state index contributed by atoms with van der Waals surface area (Å²) in [4.78, 5) is 11.9. The molecule has 0 aliphatic rings. The van der Waals surface area contributed by atoms with Gasteiger partial charge in [-0.2, -0.15) is 5.10 Å². The van der Waals surface area contributed by atoms with Gasteiger partial charge in [-0.25, -0.2) is 0 Å². The SMILES string of the molecule is COc1ccc(OC)c(NC(=O)CCn2cccn2)c1. The van der Waals surface area contributed by atoms with Crippen molar-refractivity contribution in [3.05, 3.63) is 36.7 Å². The number of ether oxygens (including phenoxy) is 2. The van der Waals surface area contributed by atoms with Crippen molar-refractivity contribution < 1.29 is 14.3 Å². The molecule has 0 aliphatic carbocycles. The van der Waals surface area contributed by atoms with Crippen LogP contribution in [0.2, 0.25) is 0 Å². The summed E-state index contributed by atoms with van der Waals surface area (Å²) < 4.78 is 12.1. The molecule has 0 saturated carbocycles. The van der Waals surface area contributed by atoms with Crippen molar-refractivity contribution in [2.75, 3.05) is 19.5 Å². The second kappa shape index (κ2) is 6.60. The van der Waals surface area contributed by atoms with E-state index in [1.165, 1.54) is 0 Å². The lowest BCUT2D eigenvalue weighted by Gasteiger charge is -2.11. The van der Waals surface area contributed by atoms with E-state index in [4.69, 9.17) is 9.47 Å². The maximum Gasteiger partial charge on any atom is 0.226 e. The van der Waals surface area contributed by atoms with E-state index in [-0.39, 0.29) is 5.91 Å². The number of aromatic nitrogens is 2. The molecule has 1 heterocycles. The molecule has 0 atom stereocenters. The minimum absolute atomic E-state index is 0.105. The Kier molecular flexibility index (Phi) is 4.60. The monoisotopic (exact) mass is 275 g/mol. The van der Waals surface area contributed by atoms with E-state index in [0.29, 0.717) is 30.2 Å². The smallest absolute Gasteiger partial charge is 0.226 e. The molecule has 2 rings (SSSR count). The molecule has 0 bridgehead atoms. The highest BCUT2D eigenvalue weighted by Gasteiger charge is 2.09. The molecule has 0 aliphatic heterocycles. The molecule has 1 N–H and O–H groups in total. The molecule has 0 saturated heterocycles. The van der Waals surface area contributed by atoms with Gasteiger partial charge >= 0.3 is 0 Å². The van der Waals surface area contributed by atoms with Gasteiger partial charge in [-0.3, -0.25) is 9.48 Å². The summed E-state index contributed by atoms with van der Waals surface area (Å²) in [5, 5.41) is 6.86. The Morgan fingerprint density at radius 3 is 2.85 bits per heavy atom. The summed E-state index contributed by atoms with van der Waals surface area (Å²) in [5.74, 6) is 1.15. The van der Waals surface area contributed by atoms with Crippen LogP contribution in [-0.4, -0.2) is 29.9 Å². The van der Waals surface area contributed by atoms with Gasteiger partial charge in [0, 0.05) is 31.4 Å². The number of rotatable bonds is 6. The lowest BCUT2D eigenvalue weighted by molar-refractivity contribution is -0.116. The molecule has 0 spiro atoms. The lowest BCUT2D eigenvalue weighted by atomic mass is 10.2. The van der Waals surface area contributed by atoms with Crippen LogP contribution in [0.1, 0.15) is 6.42 Å². The molecular formula is C14H17N3O3. The number of carbonyl (C=O) groups is 1. The van der Waals surface area contributed by atoms with Crippen LogP contribution >= 0.6 is 0 Å². The van der Waals surface area contributed by atoms with E-state index in [9.17, 15) is 4.79 Å². The fraction of sp³-hybridized carbons (Fsp3) is 0.286. The molecule has 106 valence electrons. The normalized spacial score (nSPS) is 10.1. The Hall–Kier alpha value is -2.50. The molecule has 20 heavy (non-hydrogen) atoms. The number of anilines is 1. The van der Waals surface area contributed by atoms with Crippen molar-refractivity contribution in [1.29, 1.82) is 0 Å². The quantitative estimate of drug-likeness (QED) is 0.874. The number of nitrogens with zero attached hydrogens (tertiary/aromatic N) is 2. The fourth-order valence-electron chi connectivity index (χ4n) is 1.77. The van der Waals surface area contributed by atoms with E-state index in [0.717, 1.165) is 0 Å². The molecule has 0 radical (unpaired) electrons. The highest BCUT2D eigenvalue weighted by atomic mass is 16.5. The van der Waals surface area contributed by atoms with E-state index in [1.54, 1.807) is 43.3 Å². The van der Waals surface area contributed by atoms with Crippen LogP contribution in [0.5, 0.6) is 11.5 Å². The van der Waals surface area contributed by atoms with Gasteiger partial charge in [-0.05, 0) is 18.2 Å². The van der Waals surface area contributed by atoms with E-state index in [2.05, 4.69) is 10.4 Å². The molecule has 1 amide bonds. The van der Waals surface area contributed by atoms with Crippen LogP contribution in [-0.2, 0) is 11.3 Å². The van der Waals surface area contributed by atoms with Crippen molar-refractivity contribution >= 4 is 11.6 Å². The molecule has 2 aromatic rings. The lowest BCUT2D eigenvalue weighted by Crippen LogP contribution is -2.15. The number of nitrogens with one attached hydrogen (secondary N) is 1. The Balaban J connectivity index is 1.99. The number of aryl methyl sites for hydroxylation is 1. The summed E-state index contributed by atoms with van der Waals surface area (Å²) in [6.45, 7) is 0.533. The zero-order chi connectivity index (χ0) is 14.4. The summed E-state index contributed by atoms with van der Waals surface area (Å²) in [6.07, 6.45) is 3.84. The Labute approximate surface area is 117 Å². The third-order valence-corrected chi connectivity index (χ3v) is 2.81. The first kappa shape index (κ1) is 13.9. The van der Waals surface area contributed by atoms with Gasteiger partial charge in [-0.1, -0.05) is 0 Å². The average molecular weight is 275 g/mol. The number of hydrogen-bond acceptors (Lipinski definition) is 4. The van der Waals surface area contributed by atoms with Crippen LogP contribution in [0.15, 0.2) is 36.7 Å². The minimum Gasteiger partial charge on any atom is -0.497 e. The number of benzene rings is 1. The first-order valence-electron chi connectivity index (χ1n) is 6.22. The molecule has 1 aromatic heterocycles. The van der Waals surface area contributed by atoms with E-state index in [1.807, 2.05) is 12.3 Å². The average Bonchev–Trinajstić information content (AvgIpc) is 2.98. The zero-order valence-electron chi connectivity index (χ0n) is 11.5. The predicted octanol–water partition coefficient (Wildman–Crippen LogP) is 1.93. The largest absolute Gasteiger partial charge is 0.497 e. The van der Waals surface area contributed by atoms with Crippen molar-refractivity contribution in [2.45, 2.75) is 13.0 Å². The third kappa shape index (κ3) is 3.50. The van der Waals surface area contributed by atoms with Gasteiger partial charge in [0.25, 0.3) is 0 Å². The Morgan fingerprint density at radius 1 is 1.35 bits per heavy atom. The highest BCUT2D eigenvalue weighted by molar-refractivity contribution is 5.92. The van der Waals surface area contributed by atoms with Gasteiger partial charge in [0.1, 0.15) is 11.5 Å². The molecule has 6 nitrogen and oxygen atoms in total. The maximum atomic E-state index is 11.9. The van der Waals surface area contributed by atoms with Crippen LogP contribution in [0.4, 0.5) is 5.69 Å². The number of carbonyl (C=O) groups excluding carboxylic acids is 1. The molecule has 0 unspecified atom stereocenters. The van der Waals surface area contributed by atoms with Gasteiger partial charge in [-0.15, -0.1) is 0 Å². The maximum absolute atomic E-state index is 11.9. The topological polar surface area (TPSA) is 65.4 Å². The van der Waals surface area contributed by atoms with Crippen molar-refractivity contribution in [3.63, 3.8) is 0 Å². The Morgan fingerprint density at radius 2 is 2.20 bits per heavy atom. The molecule has 0 fully saturated rings. The summed E-state index contributed by atoms with van der Waals surface area (Å²) >= 11 is 0. The van der Waals surface area contributed by atoms with Crippen molar-refractivity contribution in [2.24, 2.45) is 0 Å². The minimum atomic E-state index is -0.105. The van der Waals surface area contributed by atoms with Crippen molar-refractivity contribution in [1.82, 2.24) is 9.78 Å². The van der Waals surface area contributed by atoms with Gasteiger partial charge in [0.2, 0.25) is 5.91 Å². The predicted molar refractivity (Wildman–Crippen MR) is 75.0 cm³/mol. The van der Waals surface area contributed by atoms with Gasteiger partial charge in [0.15, 0.2) is 0 Å². The van der Waals surface area contributed by atoms with Crippen LogP contribution in [0, 0.1) is 0 Å². The molecular weight excluding hydrogens is 258 g/mol. The third-order valence-electron chi connectivity index (χ3n) is 2.81. The van der Waals surface area contributed by atoms with Gasteiger partial charge in [0.05, 0.1) is 19.9 Å². The highest BCUT2D eigenvalue weighted by Crippen LogP contribution is 2.28. The van der Waals surface area contributed by atoms with E-state index >= 15 is 0 Å². The first-order valence-corrected chi connectivity index (χ1v) is 6.22. The summed E-state index contributed by atoms with van der Waals surface area (Å²) in [5.41, 5.74) is 0.595.